The first-order valence-corrected chi connectivity index (χ1v) is 8.89. The van der Waals surface area contributed by atoms with Gasteiger partial charge in [-0.2, -0.15) is 0 Å². The Morgan fingerprint density at radius 3 is 2.19 bits per heavy atom. The number of hydrogen-bond donors (Lipinski definition) is 1. The lowest BCUT2D eigenvalue weighted by molar-refractivity contribution is -0.158. The first-order chi connectivity index (χ1) is 9.53. The normalized spacial score (nSPS) is 19.5. The van der Waals surface area contributed by atoms with Gasteiger partial charge in [0.2, 0.25) is 10.0 Å². The predicted molar refractivity (Wildman–Crippen MR) is 80.4 cm³/mol. The van der Waals surface area contributed by atoms with Gasteiger partial charge in [0, 0.05) is 13.2 Å². The van der Waals surface area contributed by atoms with Gasteiger partial charge in [-0.05, 0) is 39.5 Å². The number of hydrogen-bond acceptors (Lipinski definition) is 5. The lowest BCUT2D eigenvalue weighted by Crippen LogP contribution is -2.50. The molecule has 0 aliphatic carbocycles. The van der Waals surface area contributed by atoms with Crippen molar-refractivity contribution in [2.75, 3.05) is 13.2 Å². The molecule has 1 rings (SSSR count). The van der Waals surface area contributed by atoms with E-state index >= 15 is 0 Å². The van der Waals surface area contributed by atoms with Crippen LogP contribution in [0.4, 0.5) is 0 Å². The molecule has 0 radical (unpaired) electrons. The lowest BCUT2D eigenvalue weighted by Gasteiger charge is -2.29. The van der Waals surface area contributed by atoms with Gasteiger partial charge < -0.3 is 9.47 Å². The fourth-order valence-electron chi connectivity index (χ4n) is 2.08. The van der Waals surface area contributed by atoms with Crippen molar-refractivity contribution in [1.29, 1.82) is 0 Å². The maximum absolute atomic E-state index is 12.4. The largest absolute Gasteiger partial charge is 0.459 e. The van der Waals surface area contributed by atoms with Gasteiger partial charge in [-0.1, -0.05) is 13.8 Å². The Morgan fingerprint density at radius 1 is 1.24 bits per heavy atom. The van der Waals surface area contributed by atoms with Gasteiger partial charge in [0.1, 0.15) is 11.6 Å². The van der Waals surface area contributed by atoms with E-state index in [1.54, 1.807) is 34.6 Å². The number of sulfonamides is 1. The Morgan fingerprint density at radius 2 is 1.76 bits per heavy atom. The molecule has 7 heteroatoms. The van der Waals surface area contributed by atoms with Crippen LogP contribution in [0.1, 0.15) is 47.5 Å². The van der Waals surface area contributed by atoms with Gasteiger partial charge in [0.15, 0.2) is 0 Å². The Hall–Kier alpha value is -0.660. The molecule has 1 atom stereocenters. The summed E-state index contributed by atoms with van der Waals surface area (Å²) in [6.45, 7) is 9.73. The van der Waals surface area contributed by atoms with E-state index in [0.717, 1.165) is 0 Å². The molecule has 0 saturated carbocycles. The average molecular weight is 321 g/mol. The van der Waals surface area contributed by atoms with Crippen LogP contribution in [0.15, 0.2) is 0 Å². The van der Waals surface area contributed by atoms with Crippen molar-refractivity contribution in [2.45, 2.75) is 64.4 Å². The summed E-state index contributed by atoms with van der Waals surface area (Å²) >= 11 is 0. The van der Waals surface area contributed by atoms with Gasteiger partial charge in [-0.3, -0.25) is 4.79 Å². The lowest BCUT2D eigenvalue weighted by atomic mass is 10.1. The minimum atomic E-state index is -3.56. The summed E-state index contributed by atoms with van der Waals surface area (Å²) in [5.41, 5.74) is -0.645. The molecule has 124 valence electrons. The number of nitrogens with one attached hydrogen (secondary N) is 1. The summed E-state index contributed by atoms with van der Waals surface area (Å²) in [6.07, 6.45) is 0.906. The van der Waals surface area contributed by atoms with Crippen molar-refractivity contribution in [3.63, 3.8) is 0 Å². The van der Waals surface area contributed by atoms with Crippen molar-refractivity contribution in [2.24, 2.45) is 5.92 Å². The summed E-state index contributed by atoms with van der Waals surface area (Å²) < 4.78 is 37.8. The predicted octanol–water partition coefficient (Wildman–Crippen LogP) is 1.45. The van der Waals surface area contributed by atoms with Crippen LogP contribution in [0.2, 0.25) is 0 Å². The minimum absolute atomic E-state index is 0.186. The summed E-state index contributed by atoms with van der Waals surface area (Å²) in [5, 5.41) is -0.505. The molecule has 21 heavy (non-hydrogen) atoms. The zero-order valence-electron chi connectivity index (χ0n) is 13.5. The third-order valence-corrected chi connectivity index (χ3v) is 5.16. The van der Waals surface area contributed by atoms with Gasteiger partial charge >= 0.3 is 5.97 Å². The Kier molecular flexibility index (Phi) is 6.19. The first-order valence-electron chi connectivity index (χ1n) is 7.34. The minimum Gasteiger partial charge on any atom is -0.459 e. The Labute approximate surface area is 127 Å². The SMILES string of the molecule is CC(C)[C@H](NS(=O)(=O)C1CCOCC1)C(=O)OC(C)(C)C. The quantitative estimate of drug-likeness (QED) is 0.775. The summed E-state index contributed by atoms with van der Waals surface area (Å²) in [4.78, 5) is 12.2. The van der Waals surface area contributed by atoms with E-state index in [-0.39, 0.29) is 5.92 Å². The first kappa shape index (κ1) is 18.4. The van der Waals surface area contributed by atoms with Gasteiger partial charge in [-0.25, -0.2) is 13.1 Å². The maximum atomic E-state index is 12.4. The molecule has 1 heterocycles. The molecule has 0 unspecified atom stereocenters. The number of esters is 1. The van der Waals surface area contributed by atoms with Crippen LogP contribution in [-0.2, 0) is 24.3 Å². The third-order valence-electron chi connectivity index (χ3n) is 3.23. The topological polar surface area (TPSA) is 81.7 Å². The Balaban J connectivity index is 2.80. The summed E-state index contributed by atoms with van der Waals surface area (Å²) in [6, 6.07) is -0.864. The van der Waals surface area contributed by atoms with Crippen LogP contribution >= 0.6 is 0 Å². The third kappa shape index (κ3) is 5.92. The van der Waals surface area contributed by atoms with Crippen molar-refractivity contribution in [1.82, 2.24) is 4.72 Å². The fourth-order valence-corrected chi connectivity index (χ4v) is 3.81. The maximum Gasteiger partial charge on any atom is 0.324 e. The van der Waals surface area contributed by atoms with E-state index in [2.05, 4.69) is 4.72 Å². The second-order valence-electron chi connectivity index (χ2n) is 6.73. The number of carbonyl (C=O) groups is 1. The van der Waals surface area contributed by atoms with Crippen LogP contribution < -0.4 is 4.72 Å². The van der Waals surface area contributed by atoms with Crippen molar-refractivity contribution < 1.29 is 22.7 Å². The molecule has 1 saturated heterocycles. The van der Waals surface area contributed by atoms with Crippen molar-refractivity contribution in [3.05, 3.63) is 0 Å². The molecule has 1 aliphatic rings. The smallest absolute Gasteiger partial charge is 0.324 e. The van der Waals surface area contributed by atoms with Crippen LogP contribution in [0.25, 0.3) is 0 Å². The number of ether oxygens (including phenoxy) is 2. The molecular weight excluding hydrogens is 294 g/mol. The van der Waals surface area contributed by atoms with E-state index in [9.17, 15) is 13.2 Å². The highest BCUT2D eigenvalue weighted by Crippen LogP contribution is 2.18. The molecule has 0 aromatic heterocycles. The highest BCUT2D eigenvalue weighted by molar-refractivity contribution is 7.90. The standard InChI is InChI=1S/C14H27NO5S/c1-10(2)12(13(16)20-14(3,4)5)15-21(17,18)11-6-8-19-9-7-11/h10-12,15H,6-9H2,1-5H3/t12-/m0/s1. The molecule has 1 N–H and O–H groups in total. The van der Waals surface area contributed by atoms with Gasteiger partial charge in [0.05, 0.1) is 5.25 Å². The molecule has 6 nitrogen and oxygen atoms in total. The highest BCUT2D eigenvalue weighted by atomic mass is 32.2. The molecule has 0 bridgehead atoms. The van der Waals surface area contributed by atoms with Crippen LogP contribution in [0.3, 0.4) is 0 Å². The summed E-state index contributed by atoms with van der Waals surface area (Å²) in [7, 11) is -3.56. The van der Waals surface area contributed by atoms with Crippen LogP contribution in [0, 0.1) is 5.92 Å². The molecule has 1 aliphatic heterocycles. The molecule has 0 aromatic carbocycles. The molecule has 0 aromatic rings. The zero-order valence-corrected chi connectivity index (χ0v) is 14.3. The van der Waals surface area contributed by atoms with E-state index in [1.165, 1.54) is 0 Å². The molecule has 0 amide bonds. The zero-order chi connectivity index (χ0) is 16.3. The summed E-state index contributed by atoms with van der Waals surface area (Å²) in [5.74, 6) is -0.720. The molecular formula is C14H27NO5S. The Bertz CT molecular complexity index is 446. The second kappa shape index (κ2) is 7.07. The number of carbonyl (C=O) groups excluding carboxylic acids is 1. The van der Waals surface area contributed by atoms with Crippen LogP contribution in [0.5, 0.6) is 0 Å². The van der Waals surface area contributed by atoms with E-state index in [4.69, 9.17) is 9.47 Å². The molecule has 1 fully saturated rings. The second-order valence-corrected chi connectivity index (χ2v) is 8.72. The van der Waals surface area contributed by atoms with Crippen molar-refractivity contribution >= 4 is 16.0 Å². The molecule has 0 spiro atoms. The van der Waals surface area contributed by atoms with E-state index in [0.29, 0.717) is 26.1 Å². The average Bonchev–Trinajstić information content (AvgIpc) is 2.34. The van der Waals surface area contributed by atoms with Gasteiger partial charge in [-0.15, -0.1) is 0 Å². The number of rotatable bonds is 5. The van der Waals surface area contributed by atoms with E-state index < -0.39 is 32.9 Å². The van der Waals surface area contributed by atoms with Gasteiger partial charge in [0.25, 0.3) is 0 Å². The van der Waals surface area contributed by atoms with Crippen LogP contribution in [-0.4, -0.2) is 44.5 Å². The monoisotopic (exact) mass is 321 g/mol. The fraction of sp³-hybridized carbons (Fsp3) is 0.929. The van der Waals surface area contributed by atoms with E-state index in [1.807, 2.05) is 0 Å². The highest BCUT2D eigenvalue weighted by Gasteiger charge is 2.35. The van der Waals surface area contributed by atoms with Crippen molar-refractivity contribution in [3.8, 4) is 0 Å².